The molecule has 0 saturated heterocycles. The molecule has 0 fully saturated rings. The van der Waals surface area contributed by atoms with Gasteiger partial charge in [0.25, 0.3) is 0 Å². The maximum absolute atomic E-state index is 2.57. The molecule has 0 unspecified atom stereocenters. The molecule has 0 aromatic heterocycles. The van der Waals surface area contributed by atoms with E-state index in [1.165, 1.54) is 90.9 Å². The molecule has 0 nitrogen and oxygen atoms in total. The minimum atomic E-state index is 0.762. The van der Waals surface area contributed by atoms with Crippen molar-refractivity contribution >= 4 is 22.6 Å². The normalized spacial score (nSPS) is 14.3. The first-order chi connectivity index (χ1) is 15.6. The van der Waals surface area contributed by atoms with Crippen molar-refractivity contribution in [3.63, 3.8) is 0 Å². The van der Waals surface area contributed by atoms with Gasteiger partial charge < -0.3 is 0 Å². The number of allylic oxidation sites excluding steroid dienone is 12. The van der Waals surface area contributed by atoms with Crippen LogP contribution in [0, 0.1) is 5.92 Å². The number of alkyl halides is 1. The van der Waals surface area contributed by atoms with Gasteiger partial charge in [0.2, 0.25) is 0 Å². The molecule has 0 radical (unpaired) electrons. The van der Waals surface area contributed by atoms with E-state index in [1.54, 1.807) is 11.1 Å². The summed E-state index contributed by atoms with van der Waals surface area (Å²) in [5.41, 5.74) is 9.01. The van der Waals surface area contributed by atoms with Crippen LogP contribution in [-0.2, 0) is 0 Å². The number of halogens is 1. The number of hydrogen-bond donors (Lipinski definition) is 0. The molecule has 1 heteroatoms. The summed E-state index contributed by atoms with van der Waals surface area (Å²) in [6.45, 7) is 17.9. The van der Waals surface area contributed by atoms with Crippen LogP contribution in [0.2, 0.25) is 0 Å². The lowest BCUT2D eigenvalue weighted by atomic mass is 9.98. The van der Waals surface area contributed by atoms with Crippen molar-refractivity contribution in [2.75, 3.05) is 4.43 Å². The van der Waals surface area contributed by atoms with Crippen LogP contribution in [-0.4, -0.2) is 4.43 Å². The molecule has 0 aliphatic rings. The molecule has 188 valence electrons. The first-order valence-electron chi connectivity index (χ1n) is 13.1. The number of hydrogen-bond acceptors (Lipinski definition) is 0. The summed E-state index contributed by atoms with van der Waals surface area (Å²) in [6, 6.07) is 0. The average molecular weight is 565 g/mol. The highest BCUT2D eigenvalue weighted by atomic mass is 127. The fourth-order valence-corrected chi connectivity index (χ4v) is 4.35. The summed E-state index contributed by atoms with van der Waals surface area (Å²) in [5.74, 6) is 0.762. The minimum Gasteiger partial charge on any atom is -0.0861 e. The highest BCUT2D eigenvalue weighted by molar-refractivity contribution is 14.1. The van der Waals surface area contributed by atoms with Crippen molar-refractivity contribution < 1.29 is 0 Å². The van der Waals surface area contributed by atoms with Gasteiger partial charge in [-0.25, -0.2) is 0 Å². The smallest absolute Gasteiger partial charge is 0.00296 e. The monoisotopic (exact) mass is 564 g/mol. The highest BCUT2D eigenvalue weighted by Crippen LogP contribution is 2.19. The van der Waals surface area contributed by atoms with E-state index >= 15 is 0 Å². The topological polar surface area (TPSA) is 0 Å². The molecule has 0 spiro atoms. The van der Waals surface area contributed by atoms with E-state index in [4.69, 9.17) is 0 Å². The Balaban J connectivity index is 4.33. The van der Waals surface area contributed by atoms with Gasteiger partial charge in [0.05, 0.1) is 0 Å². The summed E-state index contributed by atoms with van der Waals surface area (Å²) >= 11 is 2.57. The van der Waals surface area contributed by atoms with E-state index in [0.29, 0.717) is 0 Å². The molecule has 0 saturated carbocycles. The Morgan fingerprint density at radius 2 is 0.788 bits per heavy atom. The second-order valence-electron chi connectivity index (χ2n) is 10.4. The Morgan fingerprint density at radius 3 is 1.09 bits per heavy atom. The lowest BCUT2D eigenvalue weighted by Crippen LogP contribution is -1.99. The van der Waals surface area contributed by atoms with Gasteiger partial charge in [0.15, 0.2) is 0 Å². The zero-order valence-corrected chi connectivity index (χ0v) is 25.4. The molecule has 0 N–H and O–H groups in total. The van der Waals surface area contributed by atoms with Crippen LogP contribution in [0.3, 0.4) is 0 Å². The van der Waals surface area contributed by atoms with Crippen molar-refractivity contribution in [1.29, 1.82) is 0 Å². The Bertz CT molecular complexity index is 641. The van der Waals surface area contributed by atoms with Gasteiger partial charge in [-0.3, -0.25) is 0 Å². The second kappa shape index (κ2) is 20.5. The van der Waals surface area contributed by atoms with E-state index in [0.717, 1.165) is 5.92 Å². The Hall–Kier alpha value is -0.830. The van der Waals surface area contributed by atoms with Crippen molar-refractivity contribution in [1.82, 2.24) is 0 Å². The SMILES string of the molecule is CC(C)=CCCC(C)=CCCC(C)=CCC(CI)CC=C(C)CCC=C(C)CCC=C(C)C. The maximum atomic E-state index is 2.57. The van der Waals surface area contributed by atoms with Gasteiger partial charge in [-0.05, 0) is 126 Å². The van der Waals surface area contributed by atoms with Gasteiger partial charge in [-0.1, -0.05) is 92.5 Å². The van der Waals surface area contributed by atoms with Gasteiger partial charge in [0.1, 0.15) is 0 Å². The Kier molecular flexibility index (Phi) is 20.0. The van der Waals surface area contributed by atoms with E-state index in [9.17, 15) is 0 Å². The fourth-order valence-electron chi connectivity index (χ4n) is 3.64. The van der Waals surface area contributed by atoms with Crippen LogP contribution >= 0.6 is 22.6 Å². The molecular formula is C32H53I. The third-order valence-corrected chi connectivity index (χ3v) is 7.31. The lowest BCUT2D eigenvalue weighted by molar-refractivity contribution is 0.616. The molecule has 0 aliphatic carbocycles. The van der Waals surface area contributed by atoms with Crippen LogP contribution < -0.4 is 0 Å². The van der Waals surface area contributed by atoms with Crippen LogP contribution in [0.1, 0.15) is 120 Å². The predicted octanol–water partition coefficient (Wildman–Crippen LogP) is 11.7. The molecule has 0 aromatic rings. The van der Waals surface area contributed by atoms with Crippen LogP contribution in [0.25, 0.3) is 0 Å². The molecule has 0 rings (SSSR count). The van der Waals surface area contributed by atoms with Gasteiger partial charge in [-0.15, -0.1) is 0 Å². The van der Waals surface area contributed by atoms with Crippen molar-refractivity contribution in [2.24, 2.45) is 5.92 Å². The summed E-state index contributed by atoms with van der Waals surface area (Å²) in [7, 11) is 0. The van der Waals surface area contributed by atoms with Crippen molar-refractivity contribution in [2.45, 2.75) is 120 Å². The first kappa shape index (κ1) is 32.2. The van der Waals surface area contributed by atoms with E-state index < -0.39 is 0 Å². The summed E-state index contributed by atoms with van der Waals surface area (Å²) in [5, 5.41) is 0. The molecule has 0 aliphatic heterocycles. The molecule has 0 heterocycles. The van der Waals surface area contributed by atoms with E-state index in [1.807, 2.05) is 0 Å². The van der Waals surface area contributed by atoms with Crippen molar-refractivity contribution in [3.8, 4) is 0 Å². The minimum absolute atomic E-state index is 0.762. The lowest BCUT2D eigenvalue weighted by Gasteiger charge is -2.11. The molecule has 0 bridgehead atoms. The molecule has 0 amide bonds. The quantitative estimate of drug-likeness (QED) is 0.0936. The zero-order valence-electron chi connectivity index (χ0n) is 23.2. The maximum Gasteiger partial charge on any atom is 0.00296 e. The third-order valence-electron chi connectivity index (χ3n) is 6.06. The first-order valence-corrected chi connectivity index (χ1v) is 14.6. The molecule has 0 aromatic carbocycles. The van der Waals surface area contributed by atoms with Gasteiger partial charge in [-0.2, -0.15) is 0 Å². The third kappa shape index (κ3) is 21.4. The summed E-state index contributed by atoms with van der Waals surface area (Å²) in [6.07, 6.45) is 26.5. The van der Waals surface area contributed by atoms with E-state index in [-0.39, 0.29) is 0 Å². The second-order valence-corrected chi connectivity index (χ2v) is 11.3. The van der Waals surface area contributed by atoms with Crippen molar-refractivity contribution in [3.05, 3.63) is 69.9 Å². The van der Waals surface area contributed by atoms with Crippen LogP contribution in [0.4, 0.5) is 0 Å². The Labute approximate surface area is 221 Å². The predicted molar refractivity (Wildman–Crippen MR) is 162 cm³/mol. The number of rotatable bonds is 17. The van der Waals surface area contributed by atoms with Gasteiger partial charge in [0, 0.05) is 4.43 Å². The molecule has 0 atom stereocenters. The highest BCUT2D eigenvalue weighted by Gasteiger charge is 2.04. The molecule has 33 heavy (non-hydrogen) atoms. The summed E-state index contributed by atoms with van der Waals surface area (Å²) < 4.78 is 1.23. The van der Waals surface area contributed by atoms with Crippen LogP contribution in [0.5, 0.6) is 0 Å². The Morgan fingerprint density at radius 1 is 0.485 bits per heavy atom. The average Bonchev–Trinajstić information content (AvgIpc) is 2.73. The van der Waals surface area contributed by atoms with E-state index in [2.05, 4.69) is 114 Å². The van der Waals surface area contributed by atoms with Gasteiger partial charge >= 0.3 is 0 Å². The molecular weight excluding hydrogens is 511 g/mol. The fraction of sp³-hybridized carbons (Fsp3) is 0.625. The zero-order chi connectivity index (χ0) is 25.1. The standard InChI is InChI=1S/C32H53I/c1-26(2)13-9-15-28(5)17-11-19-30(7)21-23-32(25-33)24-22-31(8)20-12-18-29(6)16-10-14-27(3)4/h13-14,17-18,21-22,32H,9-12,15-16,19-20,23-25H2,1-8H3. The van der Waals surface area contributed by atoms with Crippen LogP contribution in [0.15, 0.2) is 69.9 Å². The largest absolute Gasteiger partial charge is 0.0861 e. The summed E-state index contributed by atoms with van der Waals surface area (Å²) in [4.78, 5) is 0.